The zero-order valence-corrected chi connectivity index (χ0v) is 12.0. The van der Waals surface area contributed by atoms with Crippen molar-refractivity contribution in [2.24, 2.45) is 5.73 Å². The van der Waals surface area contributed by atoms with Crippen LogP contribution in [0.3, 0.4) is 0 Å². The second kappa shape index (κ2) is 5.50. The van der Waals surface area contributed by atoms with Crippen molar-refractivity contribution >= 4 is 10.9 Å². The quantitative estimate of drug-likeness (QED) is 0.743. The Morgan fingerprint density at radius 2 is 1.73 bits per heavy atom. The van der Waals surface area contributed by atoms with Crippen LogP contribution in [-0.2, 0) is 0 Å². The fourth-order valence-corrected chi connectivity index (χ4v) is 2.71. The minimum Gasteiger partial charge on any atom is -0.352 e. The summed E-state index contributed by atoms with van der Waals surface area (Å²) >= 11 is 0. The molecule has 3 rings (SSSR count). The van der Waals surface area contributed by atoms with E-state index in [0.29, 0.717) is 23.2 Å². The van der Waals surface area contributed by atoms with E-state index in [-0.39, 0.29) is 17.3 Å². The van der Waals surface area contributed by atoms with Crippen molar-refractivity contribution in [3.63, 3.8) is 0 Å². The molecule has 1 aromatic heterocycles. The Morgan fingerprint density at radius 3 is 2.36 bits per heavy atom. The van der Waals surface area contributed by atoms with Crippen molar-refractivity contribution in [2.75, 3.05) is 6.54 Å². The third-order valence-electron chi connectivity index (χ3n) is 3.84. The zero-order chi connectivity index (χ0) is 15.9. The highest BCUT2D eigenvalue weighted by atomic mass is 19.1. The number of nitrogens with one attached hydrogen (secondary N) is 1. The fraction of sp³-hybridized carbons (Fsp3) is 0.176. The van der Waals surface area contributed by atoms with Gasteiger partial charge in [0.05, 0.1) is 11.2 Å². The maximum absolute atomic E-state index is 14.0. The fourth-order valence-electron chi connectivity index (χ4n) is 2.71. The summed E-state index contributed by atoms with van der Waals surface area (Å²) in [4.78, 5) is 2.99. The van der Waals surface area contributed by atoms with Crippen LogP contribution in [0.25, 0.3) is 22.2 Å². The molecule has 0 fully saturated rings. The van der Waals surface area contributed by atoms with E-state index in [1.165, 1.54) is 18.2 Å². The van der Waals surface area contributed by atoms with Gasteiger partial charge in [-0.2, -0.15) is 0 Å². The van der Waals surface area contributed by atoms with E-state index in [1.54, 1.807) is 12.1 Å². The predicted octanol–water partition coefficient (Wildman–Crippen LogP) is 4.31. The van der Waals surface area contributed by atoms with Crippen LogP contribution in [-0.4, -0.2) is 11.5 Å². The molecule has 0 aliphatic carbocycles. The van der Waals surface area contributed by atoms with Crippen molar-refractivity contribution in [2.45, 2.75) is 12.8 Å². The predicted molar refractivity (Wildman–Crippen MR) is 81.1 cm³/mol. The Hall–Kier alpha value is -2.27. The SMILES string of the molecule is CC(CN)c1c(-c2ccc(F)cc2)[nH]c2c(F)cc(F)cc12. The maximum Gasteiger partial charge on any atom is 0.150 e. The van der Waals surface area contributed by atoms with Gasteiger partial charge in [-0.25, -0.2) is 13.2 Å². The second-order valence-corrected chi connectivity index (χ2v) is 5.37. The Bertz CT molecular complexity index is 822. The highest BCUT2D eigenvalue weighted by molar-refractivity contribution is 5.91. The number of aromatic nitrogens is 1. The van der Waals surface area contributed by atoms with Crippen LogP contribution in [0.15, 0.2) is 36.4 Å². The summed E-state index contributed by atoms with van der Waals surface area (Å²) in [5, 5.41) is 0.467. The molecule has 1 unspecified atom stereocenters. The Labute approximate surface area is 125 Å². The highest BCUT2D eigenvalue weighted by Gasteiger charge is 2.20. The summed E-state index contributed by atoms with van der Waals surface area (Å²) in [6.45, 7) is 2.22. The van der Waals surface area contributed by atoms with Crippen molar-refractivity contribution in [3.05, 3.63) is 59.4 Å². The minimum atomic E-state index is -0.658. The number of benzene rings is 2. The molecule has 0 aliphatic heterocycles. The van der Waals surface area contributed by atoms with Crippen LogP contribution in [0.2, 0.25) is 0 Å². The summed E-state index contributed by atoms with van der Waals surface area (Å²) in [5.41, 5.74) is 8.05. The van der Waals surface area contributed by atoms with Crippen molar-refractivity contribution in [1.82, 2.24) is 4.98 Å². The van der Waals surface area contributed by atoms with Gasteiger partial charge in [-0.15, -0.1) is 0 Å². The summed E-state index contributed by atoms with van der Waals surface area (Å²) in [6.07, 6.45) is 0. The van der Waals surface area contributed by atoms with Gasteiger partial charge in [0.1, 0.15) is 17.5 Å². The molecular formula is C17H15F3N2. The molecule has 2 aromatic carbocycles. The Kier molecular flexibility index (Phi) is 3.66. The van der Waals surface area contributed by atoms with Gasteiger partial charge in [0.15, 0.2) is 0 Å². The average molecular weight is 304 g/mol. The molecule has 1 heterocycles. The molecular weight excluding hydrogens is 289 g/mol. The van der Waals surface area contributed by atoms with Gasteiger partial charge in [-0.1, -0.05) is 6.92 Å². The zero-order valence-electron chi connectivity index (χ0n) is 12.0. The highest BCUT2D eigenvalue weighted by Crippen LogP contribution is 2.36. The smallest absolute Gasteiger partial charge is 0.150 e. The number of hydrogen-bond acceptors (Lipinski definition) is 1. The Morgan fingerprint density at radius 1 is 1.05 bits per heavy atom. The standard InChI is InChI=1S/C17H15F3N2/c1-9(8-21)15-13-6-12(19)7-14(20)17(13)22-16(15)10-2-4-11(18)5-3-10/h2-7,9,22H,8,21H2,1H3. The molecule has 3 N–H and O–H groups in total. The number of hydrogen-bond donors (Lipinski definition) is 2. The Balaban J connectivity index is 2.33. The van der Waals surface area contributed by atoms with E-state index in [9.17, 15) is 13.2 Å². The first-order valence-corrected chi connectivity index (χ1v) is 6.98. The molecule has 0 radical (unpaired) electrons. The van der Waals surface area contributed by atoms with Crippen LogP contribution in [0.5, 0.6) is 0 Å². The normalized spacial score (nSPS) is 12.8. The summed E-state index contributed by atoms with van der Waals surface area (Å²) in [6, 6.07) is 7.99. The maximum atomic E-state index is 14.0. The molecule has 3 aromatic rings. The van der Waals surface area contributed by atoms with Crippen LogP contribution in [0.4, 0.5) is 13.2 Å². The first-order valence-electron chi connectivity index (χ1n) is 6.98. The van der Waals surface area contributed by atoms with Crippen LogP contribution in [0.1, 0.15) is 18.4 Å². The number of halogens is 3. The lowest BCUT2D eigenvalue weighted by atomic mass is 9.94. The number of fused-ring (bicyclic) bond motifs is 1. The number of rotatable bonds is 3. The molecule has 0 amide bonds. The summed E-state index contributed by atoms with van der Waals surface area (Å²) in [7, 11) is 0. The van der Waals surface area contributed by atoms with Crippen molar-refractivity contribution < 1.29 is 13.2 Å². The van der Waals surface area contributed by atoms with Crippen molar-refractivity contribution in [1.29, 1.82) is 0 Å². The van der Waals surface area contributed by atoms with E-state index < -0.39 is 11.6 Å². The third kappa shape index (κ3) is 2.37. The number of nitrogens with two attached hydrogens (primary N) is 1. The molecule has 0 saturated heterocycles. The lowest BCUT2D eigenvalue weighted by Crippen LogP contribution is -2.09. The lowest BCUT2D eigenvalue weighted by molar-refractivity contribution is 0.591. The van der Waals surface area contributed by atoms with Crippen molar-refractivity contribution in [3.8, 4) is 11.3 Å². The van der Waals surface area contributed by atoms with Crippen LogP contribution >= 0.6 is 0 Å². The van der Waals surface area contributed by atoms with Crippen LogP contribution < -0.4 is 5.73 Å². The average Bonchev–Trinajstić information content (AvgIpc) is 2.87. The molecule has 22 heavy (non-hydrogen) atoms. The summed E-state index contributed by atoms with van der Waals surface area (Å²) in [5.74, 6) is -1.76. The van der Waals surface area contributed by atoms with Gasteiger partial charge in [0, 0.05) is 11.5 Å². The molecule has 0 bridgehead atoms. The van der Waals surface area contributed by atoms with Gasteiger partial charge >= 0.3 is 0 Å². The van der Waals surface area contributed by atoms with E-state index in [1.807, 2.05) is 6.92 Å². The van der Waals surface area contributed by atoms with E-state index in [0.717, 1.165) is 11.6 Å². The molecule has 114 valence electrons. The molecule has 0 aliphatic rings. The van der Waals surface area contributed by atoms with Gasteiger partial charge in [0.2, 0.25) is 0 Å². The van der Waals surface area contributed by atoms with Gasteiger partial charge in [0.25, 0.3) is 0 Å². The monoisotopic (exact) mass is 304 g/mol. The number of H-pyrrole nitrogens is 1. The van der Waals surface area contributed by atoms with Crippen LogP contribution in [0, 0.1) is 17.5 Å². The minimum absolute atomic E-state index is 0.102. The third-order valence-corrected chi connectivity index (χ3v) is 3.84. The van der Waals surface area contributed by atoms with E-state index >= 15 is 0 Å². The molecule has 0 saturated carbocycles. The number of aromatic amines is 1. The van der Waals surface area contributed by atoms with Gasteiger partial charge < -0.3 is 10.7 Å². The van der Waals surface area contributed by atoms with Gasteiger partial charge in [-0.3, -0.25) is 0 Å². The molecule has 0 spiro atoms. The molecule has 1 atom stereocenters. The topological polar surface area (TPSA) is 41.8 Å². The second-order valence-electron chi connectivity index (χ2n) is 5.37. The van der Waals surface area contributed by atoms with Gasteiger partial charge in [-0.05, 0) is 53.9 Å². The first kappa shape index (κ1) is 14.7. The summed E-state index contributed by atoms with van der Waals surface area (Å²) < 4.78 is 40.7. The molecule has 2 nitrogen and oxygen atoms in total. The molecule has 5 heteroatoms. The lowest BCUT2D eigenvalue weighted by Gasteiger charge is -2.11. The van der Waals surface area contributed by atoms with E-state index in [4.69, 9.17) is 5.73 Å². The largest absolute Gasteiger partial charge is 0.352 e. The van der Waals surface area contributed by atoms with E-state index in [2.05, 4.69) is 4.98 Å². The first-order chi connectivity index (χ1) is 10.5.